The highest BCUT2D eigenvalue weighted by Crippen LogP contribution is 2.34. The SMILES string of the molecule is CC(=O)N[C@H]1[C@@H](O[C@@H]2O[C@H](C[C@H](O)[C@H]3O[C@@H](n4ccc(=O)[nH]c4=O)[C@H](O)[C@@H]3O)[C@H](O)[C@H](O)[C@H]2NC(=O)/C=C/CC(C)C)O[C@H](CO)[C@@H](O)[C@@H]1O. The zero-order valence-electron chi connectivity index (χ0n) is 27.5. The number of allylic oxidation sites excluding steroid dienone is 1. The standard InChI is InChI=1S/C30H46N4O16/c1-11(2)5-4-6-16(38)32-19-23(43)20(40)14(47-29(19)50-28-18(31-12(3)36)22(42)21(41)15(10-35)48-28)9-13(37)26-24(44)25(45)27(49-26)34-8-7-17(39)33-30(34)46/h4,6-8,11,13-15,18-29,35,37,40-45H,5,9-10H2,1-3H3,(H,31,36)(H,32,38)(H,33,39,46)/b6-4+/t13-,14+,15+,18+,19+,20-,21+,22+,23+,24-,25+,26+,27+,28+,29-/m0/s1. The van der Waals surface area contributed by atoms with Gasteiger partial charge in [-0.1, -0.05) is 19.9 Å². The van der Waals surface area contributed by atoms with Crippen molar-refractivity contribution in [3.05, 3.63) is 45.3 Å². The Balaban J connectivity index is 1.58. The number of carbonyl (C=O) groups excluding carboxylic acids is 2. The van der Waals surface area contributed by atoms with Crippen LogP contribution in [0.2, 0.25) is 0 Å². The number of ether oxygens (including phenoxy) is 4. The summed E-state index contributed by atoms with van der Waals surface area (Å²) in [6.45, 7) is 4.19. The number of nitrogens with zero attached hydrogens (tertiary/aromatic N) is 1. The summed E-state index contributed by atoms with van der Waals surface area (Å²) in [6, 6.07) is -2.02. The summed E-state index contributed by atoms with van der Waals surface area (Å²) in [4.78, 5) is 50.5. The van der Waals surface area contributed by atoms with Crippen LogP contribution in [0.25, 0.3) is 0 Å². The number of H-pyrrole nitrogens is 1. The Bertz CT molecular complexity index is 1450. The van der Waals surface area contributed by atoms with E-state index >= 15 is 0 Å². The number of aliphatic hydroxyl groups is 8. The van der Waals surface area contributed by atoms with Gasteiger partial charge in [-0.3, -0.25) is 23.9 Å². The van der Waals surface area contributed by atoms with Gasteiger partial charge in [0, 0.05) is 25.6 Å². The molecule has 1 aromatic heterocycles. The predicted octanol–water partition coefficient (Wildman–Crippen LogP) is -5.60. The molecule has 20 nitrogen and oxygen atoms in total. The lowest BCUT2D eigenvalue weighted by Gasteiger charge is -2.47. The van der Waals surface area contributed by atoms with Gasteiger partial charge in [-0.05, 0) is 18.4 Å². The summed E-state index contributed by atoms with van der Waals surface area (Å²) in [7, 11) is 0. The van der Waals surface area contributed by atoms with Crippen LogP contribution in [0.15, 0.2) is 34.0 Å². The first-order valence-corrected chi connectivity index (χ1v) is 16.1. The minimum absolute atomic E-state index is 0.222. The third kappa shape index (κ3) is 9.02. The number of nitrogens with one attached hydrogen (secondary N) is 3. The van der Waals surface area contributed by atoms with Gasteiger partial charge in [0.05, 0.1) is 18.8 Å². The monoisotopic (exact) mass is 718 g/mol. The molecule has 0 aromatic carbocycles. The summed E-state index contributed by atoms with van der Waals surface area (Å²) in [5.74, 6) is -1.16. The second-order valence-electron chi connectivity index (χ2n) is 13.0. The van der Waals surface area contributed by atoms with Crippen molar-refractivity contribution in [1.82, 2.24) is 20.2 Å². The van der Waals surface area contributed by atoms with Crippen molar-refractivity contribution in [2.75, 3.05) is 6.61 Å². The van der Waals surface area contributed by atoms with Crippen molar-refractivity contribution in [2.45, 2.75) is 126 Å². The molecule has 4 heterocycles. The van der Waals surface area contributed by atoms with Crippen molar-refractivity contribution in [1.29, 1.82) is 0 Å². The third-order valence-electron chi connectivity index (χ3n) is 8.66. The van der Waals surface area contributed by atoms with Crippen LogP contribution in [0.5, 0.6) is 0 Å². The van der Waals surface area contributed by atoms with Crippen LogP contribution in [-0.4, -0.2) is 155 Å². The van der Waals surface area contributed by atoms with Gasteiger partial charge >= 0.3 is 5.69 Å². The average molecular weight is 719 g/mol. The van der Waals surface area contributed by atoms with Crippen LogP contribution < -0.4 is 21.9 Å². The van der Waals surface area contributed by atoms with E-state index in [0.29, 0.717) is 6.42 Å². The summed E-state index contributed by atoms with van der Waals surface area (Å²) < 4.78 is 23.8. The second-order valence-corrected chi connectivity index (χ2v) is 13.0. The van der Waals surface area contributed by atoms with E-state index in [4.69, 9.17) is 18.9 Å². The molecule has 20 heteroatoms. The molecule has 1 aromatic rings. The molecule has 3 fully saturated rings. The van der Waals surface area contributed by atoms with Crippen LogP contribution in [0.1, 0.15) is 39.8 Å². The smallest absolute Gasteiger partial charge is 0.330 e. The Labute approximate surface area is 284 Å². The van der Waals surface area contributed by atoms with Gasteiger partial charge in [0.2, 0.25) is 11.8 Å². The molecule has 282 valence electrons. The largest absolute Gasteiger partial charge is 0.394 e. The van der Waals surface area contributed by atoms with E-state index in [1.54, 1.807) is 6.08 Å². The Kier molecular flexibility index (Phi) is 13.4. The van der Waals surface area contributed by atoms with E-state index in [1.165, 1.54) is 6.08 Å². The fraction of sp³-hybridized carbons (Fsp3) is 0.733. The van der Waals surface area contributed by atoms with Gasteiger partial charge in [-0.2, -0.15) is 0 Å². The second kappa shape index (κ2) is 16.9. The van der Waals surface area contributed by atoms with E-state index in [1.807, 2.05) is 18.8 Å². The van der Waals surface area contributed by atoms with Crippen LogP contribution in [-0.2, 0) is 28.5 Å². The van der Waals surface area contributed by atoms with E-state index in [2.05, 4.69) is 10.6 Å². The maximum atomic E-state index is 12.8. The van der Waals surface area contributed by atoms with Crippen molar-refractivity contribution < 1.29 is 69.4 Å². The number of hydrogen-bond donors (Lipinski definition) is 11. The molecule has 0 spiro atoms. The maximum Gasteiger partial charge on any atom is 0.330 e. The topological polar surface area (TPSA) is 312 Å². The average Bonchev–Trinajstić information content (AvgIpc) is 3.34. The number of carbonyl (C=O) groups is 2. The van der Waals surface area contributed by atoms with E-state index in [-0.39, 0.29) is 5.92 Å². The fourth-order valence-corrected chi connectivity index (χ4v) is 6.01. The summed E-state index contributed by atoms with van der Waals surface area (Å²) in [5, 5.41) is 90.4. The minimum atomic E-state index is -1.85. The number of hydrogen-bond acceptors (Lipinski definition) is 16. The Morgan fingerprint density at radius 2 is 1.52 bits per heavy atom. The van der Waals surface area contributed by atoms with Crippen LogP contribution in [0.4, 0.5) is 0 Å². The lowest BCUT2D eigenvalue weighted by molar-refractivity contribution is -0.346. The number of aliphatic hydroxyl groups excluding tert-OH is 8. The molecule has 3 saturated heterocycles. The minimum Gasteiger partial charge on any atom is -0.394 e. The Hall–Kier alpha value is -3.12. The first-order chi connectivity index (χ1) is 23.5. The molecule has 15 atom stereocenters. The van der Waals surface area contributed by atoms with Gasteiger partial charge < -0.3 is 70.4 Å². The third-order valence-corrected chi connectivity index (χ3v) is 8.66. The number of rotatable bonds is 12. The molecule has 3 aliphatic rings. The molecule has 2 amide bonds. The quantitative estimate of drug-likeness (QED) is 0.0898. The highest BCUT2D eigenvalue weighted by Gasteiger charge is 2.53. The van der Waals surface area contributed by atoms with Crippen LogP contribution >= 0.6 is 0 Å². The van der Waals surface area contributed by atoms with Crippen molar-refractivity contribution in [3.8, 4) is 0 Å². The first-order valence-electron chi connectivity index (χ1n) is 16.1. The van der Waals surface area contributed by atoms with Gasteiger partial charge in [0.1, 0.15) is 60.9 Å². The van der Waals surface area contributed by atoms with Gasteiger partial charge in [0.15, 0.2) is 18.8 Å². The molecular formula is C30H46N4O16. The highest BCUT2D eigenvalue weighted by atomic mass is 16.8. The van der Waals surface area contributed by atoms with Gasteiger partial charge in [0.25, 0.3) is 5.56 Å². The molecule has 0 unspecified atom stereocenters. The van der Waals surface area contributed by atoms with Crippen molar-refractivity contribution in [2.24, 2.45) is 5.92 Å². The molecule has 3 aliphatic heterocycles. The predicted molar refractivity (Wildman–Crippen MR) is 166 cm³/mol. The van der Waals surface area contributed by atoms with Crippen LogP contribution in [0.3, 0.4) is 0 Å². The summed E-state index contributed by atoms with van der Waals surface area (Å²) in [5.41, 5.74) is -1.69. The number of aromatic nitrogens is 2. The maximum absolute atomic E-state index is 12.8. The highest BCUT2D eigenvalue weighted by molar-refractivity contribution is 5.87. The Morgan fingerprint density at radius 3 is 2.10 bits per heavy atom. The van der Waals surface area contributed by atoms with E-state index in [0.717, 1.165) is 23.8 Å². The number of aromatic amines is 1. The molecule has 4 rings (SSSR count). The molecule has 0 bridgehead atoms. The van der Waals surface area contributed by atoms with E-state index in [9.17, 15) is 60.0 Å². The van der Waals surface area contributed by atoms with Crippen molar-refractivity contribution >= 4 is 11.8 Å². The zero-order valence-corrected chi connectivity index (χ0v) is 27.5. The van der Waals surface area contributed by atoms with Gasteiger partial charge in [-0.15, -0.1) is 0 Å². The van der Waals surface area contributed by atoms with Crippen LogP contribution in [0, 0.1) is 5.92 Å². The molecule has 0 saturated carbocycles. The molecule has 11 N–H and O–H groups in total. The molecule has 0 radical (unpaired) electrons. The van der Waals surface area contributed by atoms with Crippen molar-refractivity contribution in [3.63, 3.8) is 0 Å². The lowest BCUT2D eigenvalue weighted by atomic mass is 9.91. The van der Waals surface area contributed by atoms with Gasteiger partial charge in [-0.25, -0.2) is 4.79 Å². The van der Waals surface area contributed by atoms with E-state index < -0.39 is 128 Å². The Morgan fingerprint density at radius 1 is 0.920 bits per heavy atom. The molecule has 50 heavy (non-hydrogen) atoms. The zero-order chi connectivity index (χ0) is 37.0. The normalized spacial score (nSPS) is 38.3. The molecular weight excluding hydrogens is 672 g/mol. The molecule has 0 aliphatic carbocycles. The number of amides is 2. The summed E-state index contributed by atoms with van der Waals surface area (Å²) in [6.07, 6.45) is -18.1. The first kappa shape index (κ1) is 39.7. The fourth-order valence-electron chi connectivity index (χ4n) is 6.01. The summed E-state index contributed by atoms with van der Waals surface area (Å²) >= 11 is 0. The lowest BCUT2D eigenvalue weighted by Crippen LogP contribution is -2.68.